The summed E-state index contributed by atoms with van der Waals surface area (Å²) in [5, 5.41) is 3.64. The predicted octanol–water partition coefficient (Wildman–Crippen LogP) is 2.77. The molecule has 2 nitrogen and oxygen atoms in total. The lowest BCUT2D eigenvalue weighted by molar-refractivity contribution is 0.0503. The van der Waals surface area contributed by atoms with Crippen LogP contribution in [0, 0.1) is 17.3 Å². The van der Waals surface area contributed by atoms with Crippen molar-refractivity contribution in [1.29, 1.82) is 0 Å². The molecule has 1 aliphatic rings. The molecule has 16 heavy (non-hydrogen) atoms. The Balaban J connectivity index is 2.60. The molecule has 0 aromatic heterocycles. The van der Waals surface area contributed by atoms with Gasteiger partial charge in [-0.05, 0) is 57.4 Å². The highest BCUT2D eigenvalue weighted by Crippen LogP contribution is 2.44. The van der Waals surface area contributed by atoms with E-state index in [9.17, 15) is 0 Å². The summed E-state index contributed by atoms with van der Waals surface area (Å²) in [6.45, 7) is 14.9. The van der Waals surface area contributed by atoms with Crippen LogP contribution in [0.5, 0.6) is 0 Å². The minimum Gasteiger partial charge on any atom is -0.327 e. The minimum absolute atomic E-state index is 0.221. The van der Waals surface area contributed by atoms with E-state index in [0.717, 1.165) is 12.5 Å². The van der Waals surface area contributed by atoms with Crippen molar-refractivity contribution in [2.45, 2.75) is 66.0 Å². The topological polar surface area (TPSA) is 38.0 Å². The van der Waals surface area contributed by atoms with Gasteiger partial charge < -0.3 is 11.1 Å². The monoisotopic (exact) mass is 226 g/mol. The third kappa shape index (κ3) is 3.21. The Morgan fingerprint density at radius 3 is 2.31 bits per heavy atom. The van der Waals surface area contributed by atoms with Crippen LogP contribution in [0.15, 0.2) is 0 Å². The van der Waals surface area contributed by atoms with Crippen LogP contribution in [0.1, 0.15) is 54.4 Å². The van der Waals surface area contributed by atoms with Crippen molar-refractivity contribution in [3.05, 3.63) is 0 Å². The summed E-state index contributed by atoms with van der Waals surface area (Å²) in [5.74, 6) is 1.37. The lowest BCUT2D eigenvalue weighted by Crippen LogP contribution is -2.51. The van der Waals surface area contributed by atoms with Gasteiger partial charge in [-0.2, -0.15) is 0 Å². The number of hydrogen-bond acceptors (Lipinski definition) is 2. The molecular weight excluding hydrogens is 196 g/mol. The highest BCUT2D eigenvalue weighted by molar-refractivity contribution is 4.94. The number of nitrogens with one attached hydrogen (secondary N) is 1. The van der Waals surface area contributed by atoms with Crippen LogP contribution < -0.4 is 11.1 Å². The van der Waals surface area contributed by atoms with Gasteiger partial charge in [0.1, 0.15) is 0 Å². The number of hydrogen-bond donors (Lipinski definition) is 2. The predicted molar refractivity (Wildman–Crippen MR) is 71.4 cm³/mol. The van der Waals surface area contributed by atoms with Crippen LogP contribution in [-0.2, 0) is 0 Å². The molecular formula is C14H30N2. The van der Waals surface area contributed by atoms with Gasteiger partial charge in [-0.25, -0.2) is 0 Å². The second kappa shape index (κ2) is 4.66. The summed E-state index contributed by atoms with van der Waals surface area (Å²) in [6, 6.07) is 0.390. The second-order valence-corrected chi connectivity index (χ2v) is 7.18. The summed E-state index contributed by atoms with van der Waals surface area (Å²) >= 11 is 0. The van der Waals surface area contributed by atoms with Gasteiger partial charge in [-0.3, -0.25) is 0 Å². The van der Waals surface area contributed by atoms with Crippen LogP contribution in [0.4, 0.5) is 0 Å². The van der Waals surface area contributed by atoms with E-state index in [4.69, 9.17) is 5.73 Å². The molecule has 3 unspecified atom stereocenters. The zero-order valence-electron chi connectivity index (χ0n) is 11.9. The van der Waals surface area contributed by atoms with Gasteiger partial charge in [0.25, 0.3) is 0 Å². The Bertz CT molecular complexity index is 227. The van der Waals surface area contributed by atoms with Crippen molar-refractivity contribution in [2.24, 2.45) is 23.0 Å². The fourth-order valence-corrected chi connectivity index (χ4v) is 2.73. The van der Waals surface area contributed by atoms with Crippen molar-refractivity contribution in [3.63, 3.8) is 0 Å². The van der Waals surface area contributed by atoms with Gasteiger partial charge in [0.15, 0.2) is 0 Å². The average Bonchev–Trinajstić information content (AvgIpc) is 2.12. The van der Waals surface area contributed by atoms with E-state index in [1.165, 1.54) is 12.8 Å². The van der Waals surface area contributed by atoms with Crippen molar-refractivity contribution >= 4 is 0 Å². The summed E-state index contributed by atoms with van der Waals surface area (Å²) in [4.78, 5) is 0. The molecule has 0 bridgehead atoms. The van der Waals surface area contributed by atoms with Gasteiger partial charge in [-0.1, -0.05) is 20.8 Å². The van der Waals surface area contributed by atoms with E-state index >= 15 is 0 Å². The molecule has 0 aromatic carbocycles. The first-order chi connectivity index (χ1) is 7.14. The SMILES string of the molecule is CC1C(N)CCC(CNC(C)(C)C)C1(C)C. The Hall–Kier alpha value is -0.0800. The number of rotatable bonds is 2. The molecule has 96 valence electrons. The Kier molecular flexibility index (Phi) is 4.07. The normalized spacial score (nSPS) is 35.1. The van der Waals surface area contributed by atoms with Crippen molar-refractivity contribution in [2.75, 3.05) is 6.54 Å². The molecule has 2 heteroatoms. The van der Waals surface area contributed by atoms with Gasteiger partial charge >= 0.3 is 0 Å². The standard InChI is InChI=1S/C14H30N2/c1-10-12(15)8-7-11(14(10,5)6)9-16-13(2,3)4/h10-12,16H,7-9,15H2,1-6H3. The number of nitrogens with two attached hydrogens (primary N) is 1. The highest BCUT2D eigenvalue weighted by atomic mass is 14.9. The zero-order chi connectivity index (χ0) is 12.6. The first-order valence-corrected chi connectivity index (χ1v) is 6.65. The maximum atomic E-state index is 6.18. The van der Waals surface area contributed by atoms with E-state index in [2.05, 4.69) is 46.9 Å². The maximum absolute atomic E-state index is 6.18. The van der Waals surface area contributed by atoms with E-state index in [0.29, 0.717) is 17.4 Å². The molecule has 0 spiro atoms. The smallest absolute Gasteiger partial charge is 0.00966 e. The summed E-state index contributed by atoms with van der Waals surface area (Å²) in [6.07, 6.45) is 2.45. The first-order valence-electron chi connectivity index (χ1n) is 6.65. The van der Waals surface area contributed by atoms with Crippen molar-refractivity contribution < 1.29 is 0 Å². The molecule has 1 saturated carbocycles. The van der Waals surface area contributed by atoms with Gasteiger partial charge in [-0.15, -0.1) is 0 Å². The summed E-state index contributed by atoms with van der Waals surface area (Å²) < 4.78 is 0. The molecule has 0 aliphatic heterocycles. The van der Waals surface area contributed by atoms with E-state index < -0.39 is 0 Å². The zero-order valence-corrected chi connectivity index (χ0v) is 11.9. The Labute approximate surface area is 101 Å². The summed E-state index contributed by atoms with van der Waals surface area (Å²) in [7, 11) is 0. The van der Waals surface area contributed by atoms with E-state index in [-0.39, 0.29) is 5.54 Å². The lowest BCUT2D eigenvalue weighted by Gasteiger charge is -2.47. The van der Waals surface area contributed by atoms with Crippen LogP contribution in [0.25, 0.3) is 0 Å². The molecule has 0 radical (unpaired) electrons. The third-order valence-electron chi connectivity index (χ3n) is 4.60. The van der Waals surface area contributed by atoms with E-state index in [1.807, 2.05) is 0 Å². The first kappa shape index (κ1) is 14.0. The minimum atomic E-state index is 0.221. The van der Waals surface area contributed by atoms with Crippen molar-refractivity contribution in [3.8, 4) is 0 Å². The largest absolute Gasteiger partial charge is 0.327 e. The molecule has 3 atom stereocenters. The Morgan fingerprint density at radius 1 is 1.25 bits per heavy atom. The highest BCUT2D eigenvalue weighted by Gasteiger charge is 2.41. The average molecular weight is 226 g/mol. The maximum Gasteiger partial charge on any atom is 0.00966 e. The lowest BCUT2D eigenvalue weighted by atomic mass is 9.61. The van der Waals surface area contributed by atoms with Crippen LogP contribution in [0.3, 0.4) is 0 Å². The molecule has 3 N–H and O–H groups in total. The molecule has 0 saturated heterocycles. The van der Waals surface area contributed by atoms with Crippen LogP contribution in [0.2, 0.25) is 0 Å². The molecule has 0 aromatic rings. The van der Waals surface area contributed by atoms with Crippen LogP contribution in [-0.4, -0.2) is 18.1 Å². The van der Waals surface area contributed by atoms with Crippen LogP contribution >= 0.6 is 0 Å². The Morgan fingerprint density at radius 2 is 1.81 bits per heavy atom. The fraction of sp³-hybridized carbons (Fsp3) is 1.00. The summed E-state index contributed by atoms with van der Waals surface area (Å²) in [5.41, 5.74) is 6.76. The van der Waals surface area contributed by atoms with E-state index in [1.54, 1.807) is 0 Å². The third-order valence-corrected chi connectivity index (χ3v) is 4.60. The molecule has 0 amide bonds. The fourth-order valence-electron chi connectivity index (χ4n) is 2.73. The van der Waals surface area contributed by atoms with Crippen molar-refractivity contribution in [1.82, 2.24) is 5.32 Å². The second-order valence-electron chi connectivity index (χ2n) is 7.18. The molecule has 1 fully saturated rings. The quantitative estimate of drug-likeness (QED) is 0.760. The van der Waals surface area contributed by atoms with Gasteiger partial charge in [0.2, 0.25) is 0 Å². The molecule has 0 heterocycles. The van der Waals surface area contributed by atoms with Gasteiger partial charge in [0, 0.05) is 11.6 Å². The molecule has 1 rings (SSSR count). The van der Waals surface area contributed by atoms with Gasteiger partial charge in [0.05, 0.1) is 0 Å². The molecule has 1 aliphatic carbocycles.